The minimum atomic E-state index is -1.78. The van der Waals surface area contributed by atoms with Crippen LogP contribution in [-0.2, 0) is 48.9 Å². The van der Waals surface area contributed by atoms with Crippen LogP contribution in [0, 0.1) is 5.92 Å². The van der Waals surface area contributed by atoms with E-state index >= 15 is 0 Å². The maximum absolute atomic E-state index is 13.5. The summed E-state index contributed by atoms with van der Waals surface area (Å²) in [5.74, 6) is -4.77. The van der Waals surface area contributed by atoms with Crippen molar-refractivity contribution in [2.24, 2.45) is 11.1 Å². The number of alkyl halides is 1. The molecule has 4 atom stereocenters. The molecule has 43 heavy (non-hydrogen) atoms. The number of anilines is 1. The lowest BCUT2D eigenvalue weighted by molar-refractivity contribution is -0.150. The summed E-state index contributed by atoms with van der Waals surface area (Å²) in [5.41, 5.74) is -1.51. The van der Waals surface area contributed by atoms with Gasteiger partial charge in [-0.05, 0) is 26.3 Å². The van der Waals surface area contributed by atoms with Crippen LogP contribution in [0.1, 0.15) is 40.3 Å². The van der Waals surface area contributed by atoms with Crippen LogP contribution in [0.5, 0.6) is 0 Å². The van der Waals surface area contributed by atoms with Gasteiger partial charge in [-0.25, -0.2) is 19.4 Å². The molecule has 1 saturated heterocycles. The van der Waals surface area contributed by atoms with Gasteiger partial charge in [0.15, 0.2) is 10.8 Å². The Balaban J connectivity index is 1.91. The third-order valence-electron chi connectivity index (χ3n) is 5.73. The van der Waals surface area contributed by atoms with Crippen LogP contribution < -0.4 is 10.6 Å². The molecule has 1 aromatic rings. The lowest BCUT2D eigenvalue weighted by Crippen LogP contribution is -2.74. The van der Waals surface area contributed by atoms with Crippen molar-refractivity contribution in [3.05, 3.63) is 22.3 Å². The number of carbonyl (C=O) groups excluding carboxylic acids is 5. The number of hydrogen-bond acceptors (Lipinski definition) is 13. The van der Waals surface area contributed by atoms with E-state index in [1.54, 1.807) is 34.6 Å². The van der Waals surface area contributed by atoms with Crippen molar-refractivity contribution >= 4 is 90.5 Å². The molecule has 2 aliphatic rings. The van der Waals surface area contributed by atoms with Crippen molar-refractivity contribution < 1.29 is 47.1 Å². The third kappa shape index (κ3) is 7.75. The zero-order valence-electron chi connectivity index (χ0n) is 23.6. The topological polar surface area (TPSA) is 192 Å². The van der Waals surface area contributed by atoms with Crippen molar-refractivity contribution in [2.45, 2.75) is 57.7 Å². The second kappa shape index (κ2) is 13.9. The Morgan fingerprint density at radius 2 is 1.93 bits per heavy atom. The molecule has 3 rings (SSSR count). The number of oxime groups is 1. The van der Waals surface area contributed by atoms with Crippen LogP contribution in [0.2, 0.25) is 0 Å². The fraction of sp³-hybridized carbons (Fsp3) is 0.522. The number of thiazole rings is 1. The average molecular weight is 654 g/mol. The van der Waals surface area contributed by atoms with Crippen LogP contribution in [0.25, 0.3) is 0 Å². The van der Waals surface area contributed by atoms with E-state index in [1.807, 2.05) is 0 Å². The van der Waals surface area contributed by atoms with Gasteiger partial charge in [0.2, 0.25) is 6.10 Å². The summed E-state index contributed by atoms with van der Waals surface area (Å²) in [4.78, 5) is 73.5. The van der Waals surface area contributed by atoms with Crippen molar-refractivity contribution in [2.75, 3.05) is 16.9 Å². The van der Waals surface area contributed by atoms with Crippen LogP contribution in [0.15, 0.2) is 21.8 Å². The number of fused-ring (bicyclic) bond motifs is 1. The van der Waals surface area contributed by atoms with E-state index in [0.29, 0.717) is 0 Å². The van der Waals surface area contributed by atoms with Gasteiger partial charge in [-0.2, -0.15) is 0 Å². The Morgan fingerprint density at radius 3 is 2.49 bits per heavy atom. The molecule has 0 bridgehead atoms. The molecule has 3 amide bonds. The molecular formula is C23H26B2ClN5O10S2. The van der Waals surface area contributed by atoms with Gasteiger partial charge in [0.1, 0.15) is 28.4 Å². The summed E-state index contributed by atoms with van der Waals surface area (Å²) < 4.78 is 26.7. The zero-order chi connectivity index (χ0) is 32.2. The summed E-state index contributed by atoms with van der Waals surface area (Å²) >= 11 is 6.79. The molecule has 0 saturated carbocycles. The predicted molar refractivity (Wildman–Crippen MR) is 155 cm³/mol. The number of carbonyl (C=O) groups is 5. The van der Waals surface area contributed by atoms with Gasteiger partial charge in [0, 0.05) is 17.2 Å². The number of hydrogen-bond donors (Lipinski definition) is 2. The van der Waals surface area contributed by atoms with E-state index in [1.165, 1.54) is 5.38 Å². The molecule has 228 valence electrons. The van der Waals surface area contributed by atoms with E-state index in [-0.39, 0.29) is 33.7 Å². The summed E-state index contributed by atoms with van der Waals surface area (Å²) in [7, 11) is 8.20. The molecule has 20 heteroatoms. The number of β-lactam (4-membered cyclic amide) rings is 1. The first-order chi connectivity index (χ1) is 20.1. The van der Waals surface area contributed by atoms with E-state index in [4.69, 9.17) is 37.3 Å². The highest BCUT2D eigenvalue weighted by Crippen LogP contribution is 2.35. The number of nitrogens with zero attached hydrogens (tertiary/aromatic N) is 3. The third-order valence-corrected chi connectivity index (χ3v) is 8.47. The van der Waals surface area contributed by atoms with Crippen molar-refractivity contribution in [3.8, 4) is 0 Å². The SMILES string of the molecule is [B]OC(=O)C1=C(CCl)CS(=O)[C@@H]2[C@H](NC(=O)/C(=N\O[C@H](C(=O)O[B])C(C)C)c3csc(NC(=O)OC(C)(C)C)n3)C(=O)N12. The van der Waals surface area contributed by atoms with Gasteiger partial charge >= 0.3 is 34.1 Å². The Morgan fingerprint density at radius 1 is 1.26 bits per heavy atom. The molecule has 1 aromatic heterocycles. The van der Waals surface area contributed by atoms with E-state index in [2.05, 4.69) is 30.1 Å². The lowest BCUT2D eigenvalue weighted by Gasteiger charge is -2.49. The summed E-state index contributed by atoms with van der Waals surface area (Å²) in [6, 6.07) is -1.37. The molecule has 0 aliphatic carbocycles. The van der Waals surface area contributed by atoms with E-state index in [9.17, 15) is 28.2 Å². The normalized spacial score (nSPS) is 20.9. The molecule has 0 aromatic carbocycles. The molecule has 0 spiro atoms. The first-order valence-corrected chi connectivity index (χ1v) is 15.2. The average Bonchev–Trinajstić information content (AvgIpc) is 3.38. The van der Waals surface area contributed by atoms with Crippen molar-refractivity contribution in [3.63, 3.8) is 0 Å². The van der Waals surface area contributed by atoms with Crippen molar-refractivity contribution in [1.82, 2.24) is 15.2 Å². The first-order valence-electron chi connectivity index (χ1n) is 12.4. The highest BCUT2D eigenvalue weighted by molar-refractivity contribution is 7.86. The number of nitrogens with one attached hydrogen (secondary N) is 2. The van der Waals surface area contributed by atoms with Gasteiger partial charge in [-0.3, -0.25) is 24.0 Å². The van der Waals surface area contributed by atoms with Gasteiger partial charge in [0.05, 0.1) is 16.6 Å². The monoisotopic (exact) mass is 653 g/mol. The second-order valence-corrected chi connectivity index (χ2v) is 13.0. The summed E-state index contributed by atoms with van der Waals surface area (Å²) in [6.45, 7) is 8.21. The molecule has 1 unspecified atom stereocenters. The van der Waals surface area contributed by atoms with Gasteiger partial charge < -0.3 is 24.2 Å². The Kier molecular flexibility index (Phi) is 11.0. The summed E-state index contributed by atoms with van der Waals surface area (Å²) in [6.07, 6.45) is -2.14. The van der Waals surface area contributed by atoms with Crippen LogP contribution in [0.4, 0.5) is 9.93 Å². The fourth-order valence-corrected chi connectivity index (χ4v) is 6.56. The smallest absolute Gasteiger partial charge is 0.413 e. The first kappa shape index (κ1) is 34.1. The lowest BCUT2D eigenvalue weighted by atomic mass is 10.0. The van der Waals surface area contributed by atoms with E-state index in [0.717, 1.165) is 16.2 Å². The van der Waals surface area contributed by atoms with Crippen LogP contribution in [0.3, 0.4) is 0 Å². The minimum absolute atomic E-state index is 0.0227. The highest BCUT2D eigenvalue weighted by Gasteiger charge is 2.57. The van der Waals surface area contributed by atoms with Crippen LogP contribution in [-0.4, -0.2) is 101 Å². The fourth-order valence-electron chi connectivity index (χ4n) is 3.86. The number of rotatable bonds is 10. The highest BCUT2D eigenvalue weighted by atomic mass is 35.5. The molecule has 1 fully saturated rings. The Hall–Kier alpha value is -3.44. The second-order valence-electron chi connectivity index (χ2n) is 10.4. The molecule has 15 nitrogen and oxygen atoms in total. The Labute approximate surface area is 260 Å². The molecular weight excluding hydrogens is 627 g/mol. The number of ether oxygens (including phenoxy) is 1. The maximum Gasteiger partial charge on any atom is 0.413 e. The zero-order valence-corrected chi connectivity index (χ0v) is 26.0. The molecule has 2 N–H and O–H groups in total. The summed E-state index contributed by atoms with van der Waals surface area (Å²) in [5, 5.41) is 8.86. The predicted octanol–water partition coefficient (Wildman–Crippen LogP) is 0.397. The number of aromatic nitrogens is 1. The molecule has 2 aliphatic heterocycles. The standard InChI is InChI=1S/C23H26B2ClN5O10S2/c1-9(2)15(20(35)40-25)41-30-12(11-7-42-21(27-11)29-22(36)38-23(3,4)5)16(32)28-13-17(33)31-14(19(34)39-24)10(6-26)8-43(37)18(13)31/h7,9,13,15,18H,6,8H2,1-5H3,(H,28,32)(H,27,29,36)/b30-12-/t13-,15+,18-,43?/m1/s1. The molecule has 4 radical (unpaired) electrons. The largest absolute Gasteiger partial charge is 0.541 e. The van der Waals surface area contributed by atoms with Gasteiger partial charge in [0.25, 0.3) is 11.8 Å². The van der Waals surface area contributed by atoms with Gasteiger partial charge in [-0.15, -0.1) is 22.9 Å². The number of amides is 3. The quantitative estimate of drug-likeness (QED) is 0.117. The number of halogens is 1. The van der Waals surface area contributed by atoms with Crippen LogP contribution >= 0.6 is 22.9 Å². The van der Waals surface area contributed by atoms with Crippen molar-refractivity contribution in [1.29, 1.82) is 0 Å². The maximum atomic E-state index is 13.5. The minimum Gasteiger partial charge on any atom is -0.541 e. The Bertz CT molecular complexity index is 1400. The van der Waals surface area contributed by atoms with Gasteiger partial charge in [-0.1, -0.05) is 19.0 Å². The molecule has 3 heterocycles. The van der Waals surface area contributed by atoms with E-state index < -0.39 is 75.4 Å².